The number of ketones is 1. The fourth-order valence-corrected chi connectivity index (χ4v) is 8.06. The van der Waals surface area contributed by atoms with Gasteiger partial charge in [-0.25, -0.2) is 0 Å². The van der Waals surface area contributed by atoms with Crippen LogP contribution >= 0.6 is 0 Å². The van der Waals surface area contributed by atoms with Gasteiger partial charge in [-0.05, 0) is 99.5 Å². The maximum Gasteiger partial charge on any atom is 0.155 e. The van der Waals surface area contributed by atoms with Crippen LogP contribution in [0.1, 0.15) is 79.1 Å². The number of hydrogen-bond donors (Lipinski definition) is 1. The minimum Gasteiger partial charge on any atom is -0.377 e. The molecule has 2 heterocycles. The molecule has 5 aliphatic rings. The lowest BCUT2D eigenvalue weighted by molar-refractivity contribution is -0.116. The Morgan fingerprint density at radius 3 is 2.83 bits per heavy atom. The normalized spacial score (nSPS) is 49.4. The van der Waals surface area contributed by atoms with Crippen LogP contribution in [0.5, 0.6) is 0 Å². The highest BCUT2D eigenvalue weighted by atomic mass is 16.5. The molecule has 0 radical (unpaired) electrons. The molecule has 8 atom stereocenters. The van der Waals surface area contributed by atoms with Crippen molar-refractivity contribution >= 4 is 5.78 Å². The molecule has 3 fully saturated rings. The summed E-state index contributed by atoms with van der Waals surface area (Å²) in [5.74, 6) is 3.89. The Kier molecular flexibility index (Phi) is 5.51. The third-order valence-corrected chi connectivity index (χ3v) is 9.73. The van der Waals surface area contributed by atoms with Crippen molar-refractivity contribution in [3.8, 4) is 0 Å². The van der Waals surface area contributed by atoms with Crippen LogP contribution in [0.2, 0.25) is 0 Å². The van der Waals surface area contributed by atoms with Crippen LogP contribution in [-0.4, -0.2) is 31.1 Å². The average molecular weight is 412 g/mol. The van der Waals surface area contributed by atoms with Gasteiger partial charge in [-0.3, -0.25) is 4.79 Å². The molecule has 0 unspecified atom stereocenters. The number of rotatable bonds is 0. The van der Waals surface area contributed by atoms with E-state index in [0.29, 0.717) is 35.7 Å². The Bertz CT molecular complexity index is 767. The molecule has 0 spiro atoms. The highest BCUT2D eigenvalue weighted by Gasteiger charge is 2.53. The summed E-state index contributed by atoms with van der Waals surface area (Å²) in [6.45, 7) is 11.7. The van der Waals surface area contributed by atoms with E-state index in [0.717, 1.165) is 44.2 Å². The van der Waals surface area contributed by atoms with Gasteiger partial charge in [0.2, 0.25) is 0 Å². The van der Waals surface area contributed by atoms with E-state index >= 15 is 0 Å². The molecule has 1 N–H and O–H groups in total. The van der Waals surface area contributed by atoms with Gasteiger partial charge in [0.25, 0.3) is 0 Å². The minimum absolute atomic E-state index is 0.245. The Balaban J connectivity index is 1.44. The fraction of sp³-hybridized carbons (Fsp3) is 0.815. The molecule has 0 aromatic heterocycles. The van der Waals surface area contributed by atoms with E-state index < -0.39 is 0 Å². The van der Waals surface area contributed by atoms with E-state index in [9.17, 15) is 4.79 Å². The zero-order valence-corrected chi connectivity index (χ0v) is 19.5. The van der Waals surface area contributed by atoms with Gasteiger partial charge in [0.05, 0.1) is 6.10 Å². The number of piperidine rings is 1. The van der Waals surface area contributed by atoms with Gasteiger partial charge >= 0.3 is 0 Å². The summed E-state index contributed by atoms with van der Waals surface area (Å²) in [6.07, 6.45) is 11.5. The smallest absolute Gasteiger partial charge is 0.155 e. The van der Waals surface area contributed by atoms with Crippen molar-refractivity contribution < 1.29 is 9.53 Å². The van der Waals surface area contributed by atoms with E-state index in [1.165, 1.54) is 37.7 Å². The molecule has 166 valence electrons. The Morgan fingerprint density at radius 1 is 1.17 bits per heavy atom. The van der Waals surface area contributed by atoms with Gasteiger partial charge in [-0.1, -0.05) is 37.5 Å². The van der Waals surface area contributed by atoms with Crippen LogP contribution < -0.4 is 5.32 Å². The quantitative estimate of drug-likeness (QED) is 0.538. The van der Waals surface area contributed by atoms with Crippen LogP contribution in [0.3, 0.4) is 0 Å². The number of carbonyl (C=O) groups excluding carboxylic acids is 1. The molecule has 3 heteroatoms. The molecule has 3 nitrogen and oxygen atoms in total. The summed E-state index contributed by atoms with van der Waals surface area (Å²) < 4.78 is 6.59. The molecule has 0 aromatic carbocycles. The van der Waals surface area contributed by atoms with Crippen molar-refractivity contribution in [1.29, 1.82) is 0 Å². The molecule has 3 aliphatic carbocycles. The van der Waals surface area contributed by atoms with Crippen molar-refractivity contribution in [2.24, 2.45) is 35.0 Å². The van der Waals surface area contributed by atoms with Gasteiger partial charge in [-0.15, -0.1) is 0 Å². The zero-order chi connectivity index (χ0) is 21.0. The second kappa shape index (κ2) is 7.89. The molecular weight excluding hydrogens is 370 g/mol. The number of hydrogen-bond acceptors (Lipinski definition) is 3. The van der Waals surface area contributed by atoms with Gasteiger partial charge in [-0.2, -0.15) is 0 Å². The van der Waals surface area contributed by atoms with Gasteiger partial charge in [0.1, 0.15) is 0 Å². The van der Waals surface area contributed by atoms with E-state index in [4.69, 9.17) is 4.74 Å². The van der Waals surface area contributed by atoms with Crippen molar-refractivity contribution in [2.45, 2.75) is 91.2 Å². The number of fused-ring (bicyclic) bond motifs is 6. The Hall–Kier alpha value is -0.930. The van der Waals surface area contributed by atoms with E-state index in [2.05, 4.69) is 33.0 Å². The van der Waals surface area contributed by atoms with Crippen molar-refractivity contribution in [3.63, 3.8) is 0 Å². The zero-order valence-electron chi connectivity index (χ0n) is 19.5. The molecule has 0 aromatic rings. The second-order valence-electron chi connectivity index (χ2n) is 11.6. The first-order valence-electron chi connectivity index (χ1n) is 12.6. The van der Waals surface area contributed by atoms with Crippen LogP contribution in [0.4, 0.5) is 0 Å². The van der Waals surface area contributed by atoms with Crippen LogP contribution in [0, 0.1) is 35.0 Å². The SMILES string of the molecule is C/C1=C2\C[C@H]3[C@@H](CCC4=CC(=O)CC[C@@]43C)[C@@H]2CCO[C@@H]2C[C@H](C)CN[C@H]2[C@@H](C)C1. The number of carbonyl (C=O) groups is 1. The summed E-state index contributed by atoms with van der Waals surface area (Å²) in [5.41, 5.74) is 5.15. The standard InChI is InChI=1S/C27H41NO2/c1-16-11-25-26(28-15-16)18(3)12-17(2)23-14-24-22(21(23)8-10-30-25)6-5-19-13-20(29)7-9-27(19,24)4/h13,16,18,21-22,24-26,28H,5-12,14-15H2,1-4H3/b23-17-/t16-,18-,21-,22-,24-,25+,26-,27-/m0/s1. The van der Waals surface area contributed by atoms with Gasteiger partial charge in [0, 0.05) is 19.1 Å². The lowest BCUT2D eigenvalue weighted by atomic mass is 9.56. The van der Waals surface area contributed by atoms with Crippen molar-refractivity contribution in [1.82, 2.24) is 5.32 Å². The Labute approximate surface area is 183 Å². The summed E-state index contributed by atoms with van der Waals surface area (Å²) in [6, 6.07) is 0.494. The van der Waals surface area contributed by atoms with E-state index in [1.54, 1.807) is 11.1 Å². The molecule has 2 aliphatic heterocycles. The number of ether oxygens (including phenoxy) is 1. The summed E-state index contributed by atoms with van der Waals surface area (Å²) in [7, 11) is 0. The monoisotopic (exact) mass is 411 g/mol. The van der Waals surface area contributed by atoms with Gasteiger partial charge < -0.3 is 10.1 Å². The third kappa shape index (κ3) is 3.45. The lowest BCUT2D eigenvalue weighted by Gasteiger charge is -2.48. The largest absolute Gasteiger partial charge is 0.377 e. The minimum atomic E-state index is 0.245. The maximum absolute atomic E-state index is 12.1. The summed E-state index contributed by atoms with van der Waals surface area (Å²) >= 11 is 0. The van der Waals surface area contributed by atoms with Crippen LogP contribution in [-0.2, 0) is 9.53 Å². The Morgan fingerprint density at radius 2 is 2.00 bits per heavy atom. The third-order valence-electron chi connectivity index (χ3n) is 9.73. The van der Waals surface area contributed by atoms with Crippen LogP contribution in [0.15, 0.2) is 22.8 Å². The first-order valence-corrected chi connectivity index (χ1v) is 12.6. The molecule has 5 rings (SSSR count). The van der Waals surface area contributed by atoms with Crippen LogP contribution in [0.25, 0.3) is 0 Å². The predicted octanol–water partition coefficient (Wildman–Crippen LogP) is 5.46. The van der Waals surface area contributed by atoms with Crippen molar-refractivity contribution in [2.75, 3.05) is 13.2 Å². The fourth-order valence-electron chi connectivity index (χ4n) is 8.06. The highest BCUT2D eigenvalue weighted by Crippen LogP contribution is 2.62. The highest BCUT2D eigenvalue weighted by molar-refractivity contribution is 5.91. The molecule has 0 bridgehead atoms. The topological polar surface area (TPSA) is 38.3 Å². The molecule has 30 heavy (non-hydrogen) atoms. The maximum atomic E-state index is 12.1. The molecular formula is C27H41NO2. The molecule has 1 saturated heterocycles. The summed E-state index contributed by atoms with van der Waals surface area (Å²) in [4.78, 5) is 12.1. The van der Waals surface area contributed by atoms with E-state index in [1.807, 2.05) is 6.08 Å². The molecule has 0 amide bonds. The first kappa shape index (κ1) is 20.9. The van der Waals surface area contributed by atoms with Crippen molar-refractivity contribution in [3.05, 3.63) is 22.8 Å². The molecule has 2 saturated carbocycles. The predicted molar refractivity (Wildman–Crippen MR) is 121 cm³/mol. The number of allylic oxidation sites excluding steroid dienone is 4. The second-order valence-corrected chi connectivity index (χ2v) is 11.6. The average Bonchev–Trinajstić information content (AvgIpc) is 3.08. The lowest BCUT2D eigenvalue weighted by Crippen LogP contribution is -2.52. The van der Waals surface area contributed by atoms with E-state index in [-0.39, 0.29) is 5.41 Å². The summed E-state index contributed by atoms with van der Waals surface area (Å²) in [5, 5.41) is 3.83. The van der Waals surface area contributed by atoms with Gasteiger partial charge in [0.15, 0.2) is 5.78 Å². The number of nitrogens with one attached hydrogen (secondary N) is 1. The first-order chi connectivity index (χ1) is 14.4.